The molecule has 3 N–H and O–H groups in total. The molecule has 2 aromatic rings. The number of nitrogen functional groups attached to an aromatic ring is 1. The van der Waals surface area contributed by atoms with Crippen molar-refractivity contribution in [3.05, 3.63) is 59.7 Å². The smallest absolute Gasteiger partial charge is 0.252 e. The number of benzene rings is 2. The summed E-state index contributed by atoms with van der Waals surface area (Å²) < 4.78 is 11.3. The lowest BCUT2D eigenvalue weighted by atomic mass is 9.97. The first-order valence-corrected chi connectivity index (χ1v) is 9.18. The zero-order chi connectivity index (χ0) is 18.4. The predicted octanol–water partition coefficient (Wildman–Crippen LogP) is 3.25. The fourth-order valence-electron chi connectivity index (χ4n) is 3.05. The molecule has 0 bridgehead atoms. The minimum atomic E-state index is -0.392. The topological polar surface area (TPSA) is 76.9 Å². The largest absolute Gasteiger partial charge is 0.494 e. The third-order valence-corrected chi connectivity index (χ3v) is 4.43. The van der Waals surface area contributed by atoms with Gasteiger partial charge in [-0.3, -0.25) is 4.79 Å². The van der Waals surface area contributed by atoms with Crippen LogP contribution in [-0.2, 0) is 16.0 Å². The van der Waals surface area contributed by atoms with Crippen LogP contribution in [0.2, 0.25) is 0 Å². The summed E-state index contributed by atoms with van der Waals surface area (Å²) in [5, 5.41) is 2.81. The van der Waals surface area contributed by atoms with E-state index in [0.29, 0.717) is 18.8 Å². The van der Waals surface area contributed by atoms with Gasteiger partial charge in [-0.25, -0.2) is 0 Å². The van der Waals surface area contributed by atoms with Gasteiger partial charge in [0.25, 0.3) is 5.91 Å². The van der Waals surface area contributed by atoms with Gasteiger partial charge in [-0.15, -0.1) is 0 Å². The van der Waals surface area contributed by atoms with Crippen molar-refractivity contribution in [2.75, 3.05) is 18.9 Å². The van der Waals surface area contributed by atoms with Gasteiger partial charge in [0.05, 0.1) is 6.61 Å². The first-order valence-electron chi connectivity index (χ1n) is 9.18. The van der Waals surface area contributed by atoms with Crippen molar-refractivity contribution >= 4 is 11.6 Å². The Balaban J connectivity index is 1.51. The highest BCUT2D eigenvalue weighted by molar-refractivity contribution is 5.84. The fourth-order valence-corrected chi connectivity index (χ4v) is 3.05. The molecule has 1 saturated heterocycles. The van der Waals surface area contributed by atoms with E-state index in [1.165, 1.54) is 5.56 Å². The van der Waals surface area contributed by atoms with Gasteiger partial charge < -0.3 is 20.5 Å². The number of unbranched alkanes of at least 4 members (excludes halogenated alkanes) is 1. The molecule has 138 valence electrons. The molecular weight excluding hydrogens is 328 g/mol. The van der Waals surface area contributed by atoms with Crippen molar-refractivity contribution < 1.29 is 14.3 Å². The molecule has 2 unspecified atom stereocenters. The van der Waals surface area contributed by atoms with Gasteiger partial charge in [0.2, 0.25) is 0 Å². The first kappa shape index (κ1) is 18.3. The van der Waals surface area contributed by atoms with Gasteiger partial charge in [0.15, 0.2) is 6.10 Å². The Labute approximate surface area is 154 Å². The second kappa shape index (κ2) is 8.72. The van der Waals surface area contributed by atoms with Crippen LogP contribution >= 0.6 is 0 Å². The molecule has 0 spiro atoms. The van der Waals surface area contributed by atoms with Crippen LogP contribution in [0.15, 0.2) is 48.5 Å². The Morgan fingerprint density at radius 3 is 2.77 bits per heavy atom. The monoisotopic (exact) mass is 354 g/mol. The lowest BCUT2D eigenvalue weighted by Crippen LogP contribution is -2.27. The number of para-hydroxylation sites is 1. The Bertz CT molecular complexity index is 733. The minimum absolute atomic E-state index is 0.0536. The Morgan fingerprint density at radius 1 is 1.19 bits per heavy atom. The number of carbonyl (C=O) groups excluding carboxylic acids is 1. The molecule has 1 aliphatic heterocycles. The van der Waals surface area contributed by atoms with Crippen LogP contribution in [0.5, 0.6) is 5.75 Å². The predicted molar refractivity (Wildman–Crippen MR) is 102 cm³/mol. The fraction of sp³-hybridized carbons (Fsp3) is 0.381. The average molecular weight is 354 g/mol. The van der Waals surface area contributed by atoms with Crippen molar-refractivity contribution in [1.29, 1.82) is 0 Å². The molecule has 0 aliphatic carbocycles. The van der Waals surface area contributed by atoms with Crippen LogP contribution < -0.4 is 15.8 Å². The third kappa shape index (κ3) is 4.76. The van der Waals surface area contributed by atoms with E-state index < -0.39 is 6.10 Å². The number of aryl methyl sites for hydroxylation is 1. The Morgan fingerprint density at radius 2 is 2.00 bits per heavy atom. The van der Waals surface area contributed by atoms with Gasteiger partial charge in [0, 0.05) is 12.2 Å². The summed E-state index contributed by atoms with van der Waals surface area (Å²) in [6.45, 7) is 3.20. The summed E-state index contributed by atoms with van der Waals surface area (Å²) in [6, 6.07) is 15.7. The van der Waals surface area contributed by atoms with E-state index in [2.05, 4.69) is 5.32 Å². The van der Waals surface area contributed by atoms with E-state index in [1.54, 1.807) is 0 Å². The van der Waals surface area contributed by atoms with Crippen LogP contribution in [0, 0.1) is 0 Å². The lowest BCUT2D eigenvalue weighted by Gasteiger charge is -2.10. The van der Waals surface area contributed by atoms with Gasteiger partial charge in [-0.05, 0) is 61.6 Å². The molecule has 0 aromatic heterocycles. The van der Waals surface area contributed by atoms with Crippen LogP contribution in [0.4, 0.5) is 5.69 Å². The molecule has 2 atom stereocenters. The van der Waals surface area contributed by atoms with E-state index in [1.807, 2.05) is 55.5 Å². The van der Waals surface area contributed by atoms with Crippen molar-refractivity contribution in [1.82, 2.24) is 5.32 Å². The van der Waals surface area contributed by atoms with E-state index >= 15 is 0 Å². The molecule has 26 heavy (non-hydrogen) atoms. The second-order valence-corrected chi connectivity index (χ2v) is 6.45. The highest BCUT2D eigenvalue weighted by Gasteiger charge is 2.46. The van der Waals surface area contributed by atoms with Crippen LogP contribution in [0.3, 0.4) is 0 Å². The number of carbonyl (C=O) groups is 1. The average Bonchev–Trinajstić information content (AvgIpc) is 3.44. The van der Waals surface area contributed by atoms with Crippen LogP contribution in [-0.4, -0.2) is 25.2 Å². The quantitative estimate of drug-likeness (QED) is 0.412. The number of ether oxygens (including phenoxy) is 2. The summed E-state index contributed by atoms with van der Waals surface area (Å²) >= 11 is 0. The van der Waals surface area contributed by atoms with Crippen molar-refractivity contribution in [3.8, 4) is 5.75 Å². The zero-order valence-corrected chi connectivity index (χ0v) is 15.1. The molecule has 5 nitrogen and oxygen atoms in total. The van der Waals surface area contributed by atoms with Crippen molar-refractivity contribution in [3.63, 3.8) is 0 Å². The summed E-state index contributed by atoms with van der Waals surface area (Å²) in [7, 11) is 0. The van der Waals surface area contributed by atoms with Gasteiger partial charge in [-0.2, -0.15) is 0 Å². The maximum atomic E-state index is 11.9. The lowest BCUT2D eigenvalue weighted by molar-refractivity contribution is -0.122. The SMILES string of the molecule is CCNC(=O)C1OC1c1cc(N)ccc1CCCCOc1ccccc1. The molecule has 1 heterocycles. The second-order valence-electron chi connectivity index (χ2n) is 6.45. The number of hydrogen-bond acceptors (Lipinski definition) is 4. The molecule has 1 fully saturated rings. The molecule has 0 saturated carbocycles. The van der Waals surface area contributed by atoms with Crippen LogP contribution in [0.1, 0.15) is 37.0 Å². The number of amides is 1. The normalized spacial score (nSPS) is 18.3. The highest BCUT2D eigenvalue weighted by Crippen LogP contribution is 2.41. The highest BCUT2D eigenvalue weighted by atomic mass is 16.6. The maximum Gasteiger partial charge on any atom is 0.252 e. The van der Waals surface area contributed by atoms with Gasteiger partial charge in [0.1, 0.15) is 11.9 Å². The van der Waals surface area contributed by atoms with Gasteiger partial charge >= 0.3 is 0 Å². The van der Waals surface area contributed by atoms with Gasteiger partial charge in [-0.1, -0.05) is 24.3 Å². The van der Waals surface area contributed by atoms with E-state index in [9.17, 15) is 4.79 Å². The number of likely N-dealkylation sites (N-methyl/N-ethyl adjacent to an activating group) is 1. The number of nitrogens with two attached hydrogens (primary N) is 1. The minimum Gasteiger partial charge on any atom is -0.494 e. The van der Waals surface area contributed by atoms with E-state index in [0.717, 1.165) is 30.6 Å². The molecule has 1 amide bonds. The van der Waals surface area contributed by atoms with Crippen molar-refractivity contribution in [2.24, 2.45) is 0 Å². The maximum absolute atomic E-state index is 11.9. The molecule has 1 aliphatic rings. The summed E-state index contributed by atoms with van der Waals surface area (Å²) in [6.07, 6.45) is 2.31. The number of anilines is 1. The first-order chi connectivity index (χ1) is 12.7. The molecular formula is C21H26N2O3. The molecule has 0 radical (unpaired) electrons. The summed E-state index contributed by atoms with van der Waals surface area (Å²) in [4.78, 5) is 11.9. The Kier molecular flexibility index (Phi) is 6.12. The number of epoxide rings is 1. The molecule has 2 aromatic carbocycles. The zero-order valence-electron chi connectivity index (χ0n) is 15.1. The third-order valence-electron chi connectivity index (χ3n) is 4.43. The summed E-state index contributed by atoms with van der Waals surface area (Å²) in [5.41, 5.74) is 8.86. The standard InChI is InChI=1S/C21H26N2O3/c1-2-23-21(24)20-19(26-20)18-14-16(22)12-11-15(18)8-6-7-13-25-17-9-4-3-5-10-17/h3-5,9-12,14,19-20H,2,6-8,13,22H2,1H3,(H,23,24). The number of nitrogens with one attached hydrogen (secondary N) is 1. The van der Waals surface area contributed by atoms with Crippen LogP contribution in [0.25, 0.3) is 0 Å². The number of rotatable bonds is 9. The van der Waals surface area contributed by atoms with E-state index in [4.69, 9.17) is 15.2 Å². The van der Waals surface area contributed by atoms with E-state index in [-0.39, 0.29) is 12.0 Å². The molecule has 3 rings (SSSR count). The number of hydrogen-bond donors (Lipinski definition) is 2. The Hall–Kier alpha value is -2.53. The molecule has 5 heteroatoms. The summed E-state index contributed by atoms with van der Waals surface area (Å²) in [5.74, 6) is 0.846. The van der Waals surface area contributed by atoms with Crippen molar-refractivity contribution in [2.45, 2.75) is 38.4 Å².